The molecule has 1 rings (SSSR count). The number of hydrogen-bond donors (Lipinski definition) is 2. The van der Waals surface area contributed by atoms with E-state index in [1.165, 1.54) is 0 Å². The SMILES string of the molecule is CN=C(NCCOC)NCc1ccc(OC)cc1OC. The van der Waals surface area contributed by atoms with Crippen molar-refractivity contribution < 1.29 is 14.2 Å². The van der Waals surface area contributed by atoms with E-state index in [2.05, 4.69) is 15.6 Å². The van der Waals surface area contributed by atoms with Crippen molar-refractivity contribution in [3.8, 4) is 11.5 Å². The summed E-state index contributed by atoms with van der Waals surface area (Å²) >= 11 is 0. The Labute approximate surface area is 120 Å². The summed E-state index contributed by atoms with van der Waals surface area (Å²) < 4.78 is 15.5. The fraction of sp³-hybridized carbons (Fsp3) is 0.500. The molecule has 6 heteroatoms. The molecular formula is C14H23N3O3. The maximum absolute atomic E-state index is 5.35. The molecule has 0 fully saturated rings. The number of benzene rings is 1. The molecule has 0 saturated carbocycles. The highest BCUT2D eigenvalue weighted by Gasteiger charge is 2.06. The highest BCUT2D eigenvalue weighted by molar-refractivity contribution is 5.79. The van der Waals surface area contributed by atoms with Gasteiger partial charge in [-0.05, 0) is 12.1 Å². The van der Waals surface area contributed by atoms with Crippen LogP contribution < -0.4 is 20.1 Å². The Morgan fingerprint density at radius 2 is 1.95 bits per heavy atom. The molecule has 0 aromatic heterocycles. The Morgan fingerprint density at radius 3 is 2.55 bits per heavy atom. The molecule has 112 valence electrons. The van der Waals surface area contributed by atoms with Gasteiger partial charge in [0.2, 0.25) is 0 Å². The second-order valence-corrected chi connectivity index (χ2v) is 4.02. The van der Waals surface area contributed by atoms with Crippen molar-refractivity contribution in [2.24, 2.45) is 4.99 Å². The molecule has 20 heavy (non-hydrogen) atoms. The summed E-state index contributed by atoms with van der Waals surface area (Å²) in [6, 6.07) is 5.73. The lowest BCUT2D eigenvalue weighted by Crippen LogP contribution is -2.38. The molecule has 0 spiro atoms. The Kier molecular flexibility index (Phi) is 7.27. The Balaban J connectivity index is 2.59. The van der Waals surface area contributed by atoms with Gasteiger partial charge in [0.25, 0.3) is 0 Å². The van der Waals surface area contributed by atoms with E-state index in [9.17, 15) is 0 Å². The van der Waals surface area contributed by atoms with Crippen molar-refractivity contribution >= 4 is 5.96 Å². The van der Waals surface area contributed by atoms with Crippen molar-refractivity contribution in [2.45, 2.75) is 6.54 Å². The fourth-order valence-corrected chi connectivity index (χ4v) is 1.67. The van der Waals surface area contributed by atoms with E-state index in [4.69, 9.17) is 14.2 Å². The molecular weight excluding hydrogens is 258 g/mol. The number of nitrogens with one attached hydrogen (secondary N) is 2. The molecule has 0 bridgehead atoms. The van der Waals surface area contributed by atoms with Gasteiger partial charge in [-0.15, -0.1) is 0 Å². The van der Waals surface area contributed by atoms with Crippen LogP contribution in [0.5, 0.6) is 11.5 Å². The molecule has 0 saturated heterocycles. The quantitative estimate of drug-likeness (QED) is 0.444. The first kappa shape index (κ1) is 16.1. The molecule has 2 N–H and O–H groups in total. The average Bonchev–Trinajstić information content (AvgIpc) is 2.50. The minimum atomic E-state index is 0.611. The van der Waals surface area contributed by atoms with Gasteiger partial charge in [-0.3, -0.25) is 4.99 Å². The topological polar surface area (TPSA) is 64.1 Å². The molecule has 0 atom stereocenters. The van der Waals surface area contributed by atoms with Gasteiger partial charge in [-0.25, -0.2) is 0 Å². The van der Waals surface area contributed by atoms with Crippen LogP contribution in [0.2, 0.25) is 0 Å². The molecule has 6 nitrogen and oxygen atoms in total. The number of rotatable bonds is 7. The van der Waals surface area contributed by atoms with E-state index in [1.807, 2.05) is 18.2 Å². The summed E-state index contributed by atoms with van der Waals surface area (Å²) in [6.45, 7) is 1.95. The largest absolute Gasteiger partial charge is 0.497 e. The summed E-state index contributed by atoms with van der Waals surface area (Å²) in [5.74, 6) is 2.28. The van der Waals surface area contributed by atoms with Crippen LogP contribution in [0.1, 0.15) is 5.56 Å². The number of nitrogens with zero attached hydrogens (tertiary/aromatic N) is 1. The Bertz CT molecular complexity index is 436. The first-order valence-corrected chi connectivity index (χ1v) is 6.39. The average molecular weight is 281 g/mol. The van der Waals surface area contributed by atoms with Gasteiger partial charge in [-0.2, -0.15) is 0 Å². The predicted octanol–water partition coefficient (Wildman–Crippen LogP) is 1.02. The third kappa shape index (κ3) is 4.97. The molecule has 0 aliphatic carbocycles. The summed E-state index contributed by atoms with van der Waals surface area (Å²) in [5.41, 5.74) is 1.03. The van der Waals surface area contributed by atoms with Gasteiger partial charge in [0.1, 0.15) is 11.5 Å². The van der Waals surface area contributed by atoms with Crippen molar-refractivity contribution in [1.29, 1.82) is 0 Å². The van der Waals surface area contributed by atoms with Crippen LogP contribution in [0, 0.1) is 0 Å². The van der Waals surface area contributed by atoms with Crippen LogP contribution in [0.25, 0.3) is 0 Å². The van der Waals surface area contributed by atoms with Gasteiger partial charge < -0.3 is 24.8 Å². The number of hydrogen-bond acceptors (Lipinski definition) is 4. The number of methoxy groups -OCH3 is 3. The summed E-state index contributed by atoms with van der Waals surface area (Å²) in [5, 5.41) is 6.37. The second-order valence-electron chi connectivity index (χ2n) is 4.02. The van der Waals surface area contributed by atoms with E-state index in [0.29, 0.717) is 19.7 Å². The minimum absolute atomic E-state index is 0.611. The maximum atomic E-state index is 5.35. The smallest absolute Gasteiger partial charge is 0.191 e. The minimum Gasteiger partial charge on any atom is -0.497 e. The fourth-order valence-electron chi connectivity index (χ4n) is 1.67. The van der Waals surface area contributed by atoms with E-state index < -0.39 is 0 Å². The molecule has 0 amide bonds. The normalized spacial score (nSPS) is 11.1. The molecule has 0 aliphatic heterocycles. The summed E-state index contributed by atoms with van der Waals surface area (Å²) in [6.07, 6.45) is 0. The van der Waals surface area contributed by atoms with Crippen molar-refractivity contribution in [3.05, 3.63) is 23.8 Å². The molecule has 1 aromatic carbocycles. The van der Waals surface area contributed by atoms with Crippen LogP contribution in [0.4, 0.5) is 0 Å². The highest BCUT2D eigenvalue weighted by atomic mass is 16.5. The standard InChI is InChI=1S/C14H23N3O3/c1-15-14(16-7-8-18-2)17-10-11-5-6-12(19-3)9-13(11)20-4/h5-6,9H,7-8,10H2,1-4H3,(H2,15,16,17). The maximum Gasteiger partial charge on any atom is 0.191 e. The molecule has 0 radical (unpaired) electrons. The second kappa shape index (κ2) is 9.03. The first-order chi connectivity index (χ1) is 9.74. The van der Waals surface area contributed by atoms with Crippen LogP contribution >= 0.6 is 0 Å². The summed E-state index contributed by atoms with van der Waals surface area (Å²) in [4.78, 5) is 4.14. The Hall–Kier alpha value is -1.95. The van der Waals surface area contributed by atoms with Crippen molar-refractivity contribution in [1.82, 2.24) is 10.6 Å². The lowest BCUT2D eigenvalue weighted by molar-refractivity contribution is 0.203. The predicted molar refractivity (Wildman–Crippen MR) is 79.6 cm³/mol. The van der Waals surface area contributed by atoms with E-state index in [0.717, 1.165) is 23.0 Å². The zero-order valence-electron chi connectivity index (χ0n) is 12.5. The molecule has 0 unspecified atom stereocenters. The Morgan fingerprint density at radius 1 is 1.15 bits per heavy atom. The summed E-state index contributed by atoms with van der Waals surface area (Å²) in [7, 11) is 6.67. The van der Waals surface area contributed by atoms with Gasteiger partial charge in [0.15, 0.2) is 5.96 Å². The molecule has 0 aliphatic rings. The van der Waals surface area contributed by atoms with Gasteiger partial charge in [0, 0.05) is 38.9 Å². The van der Waals surface area contributed by atoms with Crippen molar-refractivity contribution in [2.75, 3.05) is 41.5 Å². The lowest BCUT2D eigenvalue weighted by Gasteiger charge is -2.14. The molecule has 1 aromatic rings. The van der Waals surface area contributed by atoms with Gasteiger partial charge >= 0.3 is 0 Å². The zero-order valence-corrected chi connectivity index (χ0v) is 12.5. The van der Waals surface area contributed by atoms with Crippen LogP contribution in [-0.2, 0) is 11.3 Å². The van der Waals surface area contributed by atoms with Gasteiger partial charge in [-0.1, -0.05) is 0 Å². The van der Waals surface area contributed by atoms with Crippen LogP contribution in [0.3, 0.4) is 0 Å². The highest BCUT2D eigenvalue weighted by Crippen LogP contribution is 2.24. The third-order valence-electron chi connectivity index (χ3n) is 2.76. The first-order valence-electron chi connectivity index (χ1n) is 6.39. The van der Waals surface area contributed by atoms with Gasteiger partial charge in [0.05, 0.1) is 20.8 Å². The zero-order chi connectivity index (χ0) is 14.8. The van der Waals surface area contributed by atoms with E-state index >= 15 is 0 Å². The number of guanidine groups is 1. The number of aliphatic imine (C=N–C) groups is 1. The van der Waals surface area contributed by atoms with Crippen molar-refractivity contribution in [3.63, 3.8) is 0 Å². The van der Waals surface area contributed by atoms with E-state index in [-0.39, 0.29) is 0 Å². The van der Waals surface area contributed by atoms with Crippen LogP contribution in [-0.4, -0.2) is 47.5 Å². The monoisotopic (exact) mass is 281 g/mol. The van der Waals surface area contributed by atoms with E-state index in [1.54, 1.807) is 28.4 Å². The lowest BCUT2D eigenvalue weighted by atomic mass is 10.2. The molecule has 0 heterocycles. The third-order valence-corrected chi connectivity index (χ3v) is 2.76. The van der Waals surface area contributed by atoms with Crippen LogP contribution in [0.15, 0.2) is 23.2 Å². The number of ether oxygens (including phenoxy) is 3.